The van der Waals surface area contributed by atoms with Gasteiger partial charge >= 0.3 is 0 Å². The number of benzene rings is 4. The molecule has 0 unspecified atom stereocenters. The number of aliphatic imine (C=N–C) groups is 1. The highest BCUT2D eigenvalue weighted by atomic mass is 35.5. The van der Waals surface area contributed by atoms with Gasteiger partial charge in [-0.25, -0.2) is 10.1 Å². The van der Waals surface area contributed by atoms with E-state index in [0.717, 1.165) is 27.1 Å². The Hall–Kier alpha value is -3.14. The minimum atomic E-state index is 0. The summed E-state index contributed by atoms with van der Waals surface area (Å²) in [4.78, 5) is 4.83. The van der Waals surface area contributed by atoms with Crippen molar-refractivity contribution in [1.82, 2.24) is 0 Å². The number of fused-ring (bicyclic) bond motifs is 1. The maximum Gasteiger partial charge on any atom is 0.165 e. The standard InChI is InChI=1S/C23H18N2O.ClH/c26-25(20-14-5-2-6-15-20)23(19-11-3-1-4-12-19)24-22-17-9-13-18-10-7-8-16-21(18)22;/h1-17,26H;1H. The van der Waals surface area contributed by atoms with E-state index in [9.17, 15) is 5.21 Å². The molecule has 0 aliphatic heterocycles. The first kappa shape index (κ1) is 18.6. The van der Waals surface area contributed by atoms with Gasteiger partial charge in [0.1, 0.15) is 0 Å². The summed E-state index contributed by atoms with van der Waals surface area (Å²) in [6, 6.07) is 33.2. The Labute approximate surface area is 164 Å². The second-order valence-electron chi connectivity index (χ2n) is 5.95. The van der Waals surface area contributed by atoms with Gasteiger partial charge in [-0.15, -0.1) is 12.4 Å². The molecule has 134 valence electrons. The lowest BCUT2D eigenvalue weighted by Gasteiger charge is -2.19. The molecule has 0 atom stereocenters. The third-order valence-electron chi connectivity index (χ3n) is 4.23. The molecule has 0 aliphatic carbocycles. The summed E-state index contributed by atoms with van der Waals surface area (Å²) in [5.41, 5.74) is 2.32. The van der Waals surface area contributed by atoms with E-state index in [0.29, 0.717) is 11.5 Å². The van der Waals surface area contributed by atoms with Crippen molar-refractivity contribution in [1.29, 1.82) is 0 Å². The number of anilines is 1. The number of hydrogen-bond acceptors (Lipinski definition) is 2. The van der Waals surface area contributed by atoms with E-state index in [1.54, 1.807) is 0 Å². The molecule has 1 N–H and O–H groups in total. The molecule has 4 heteroatoms. The van der Waals surface area contributed by atoms with Crippen LogP contribution in [0.3, 0.4) is 0 Å². The van der Waals surface area contributed by atoms with Crippen molar-refractivity contribution in [2.45, 2.75) is 0 Å². The second kappa shape index (κ2) is 8.49. The summed E-state index contributed by atoms with van der Waals surface area (Å²) in [6.45, 7) is 0. The molecule has 0 aliphatic rings. The van der Waals surface area contributed by atoms with E-state index >= 15 is 0 Å². The van der Waals surface area contributed by atoms with E-state index in [2.05, 4.69) is 12.1 Å². The minimum absolute atomic E-state index is 0. The molecule has 4 aromatic rings. The van der Waals surface area contributed by atoms with Crippen LogP contribution in [-0.2, 0) is 0 Å². The SMILES string of the molecule is Cl.ON(C(=Nc1cccc2ccccc12)c1ccccc1)c1ccccc1. The van der Waals surface area contributed by atoms with Crippen LogP contribution in [0.15, 0.2) is 108 Å². The van der Waals surface area contributed by atoms with Crippen LogP contribution >= 0.6 is 12.4 Å². The van der Waals surface area contributed by atoms with Crippen LogP contribution in [0.4, 0.5) is 11.4 Å². The number of nitrogens with zero attached hydrogens (tertiary/aromatic N) is 2. The van der Waals surface area contributed by atoms with Crippen LogP contribution in [0.2, 0.25) is 0 Å². The van der Waals surface area contributed by atoms with E-state index in [4.69, 9.17) is 4.99 Å². The summed E-state index contributed by atoms with van der Waals surface area (Å²) in [6.07, 6.45) is 0. The van der Waals surface area contributed by atoms with Gasteiger partial charge in [-0.2, -0.15) is 0 Å². The highest BCUT2D eigenvalue weighted by molar-refractivity contribution is 6.10. The first-order valence-electron chi connectivity index (χ1n) is 8.49. The number of halogens is 1. The van der Waals surface area contributed by atoms with Gasteiger partial charge in [-0.05, 0) is 23.6 Å². The average molecular weight is 375 g/mol. The first-order chi connectivity index (χ1) is 12.8. The van der Waals surface area contributed by atoms with Crippen LogP contribution in [0, 0.1) is 0 Å². The van der Waals surface area contributed by atoms with Gasteiger partial charge in [-0.3, -0.25) is 5.21 Å². The van der Waals surface area contributed by atoms with Crippen LogP contribution in [0.1, 0.15) is 5.56 Å². The van der Waals surface area contributed by atoms with Gasteiger partial charge < -0.3 is 0 Å². The molecule has 0 aromatic heterocycles. The molecule has 0 heterocycles. The predicted octanol–water partition coefficient (Wildman–Crippen LogP) is 6.24. The fraction of sp³-hybridized carbons (Fsp3) is 0. The van der Waals surface area contributed by atoms with Crippen molar-refractivity contribution < 1.29 is 5.21 Å². The Kier molecular flexibility index (Phi) is 5.87. The molecule has 0 bridgehead atoms. The number of rotatable bonds is 3. The van der Waals surface area contributed by atoms with Gasteiger partial charge in [0.05, 0.1) is 11.4 Å². The largest absolute Gasteiger partial charge is 0.282 e. The first-order valence-corrected chi connectivity index (χ1v) is 8.49. The Bertz CT molecular complexity index is 1040. The fourth-order valence-electron chi connectivity index (χ4n) is 2.93. The van der Waals surface area contributed by atoms with E-state index < -0.39 is 0 Å². The third kappa shape index (κ3) is 4.00. The van der Waals surface area contributed by atoms with Gasteiger partial charge in [0, 0.05) is 10.9 Å². The van der Waals surface area contributed by atoms with E-state index in [-0.39, 0.29) is 12.4 Å². The molecule has 0 radical (unpaired) electrons. The zero-order chi connectivity index (χ0) is 17.8. The van der Waals surface area contributed by atoms with Crippen LogP contribution in [-0.4, -0.2) is 11.0 Å². The molecule has 3 nitrogen and oxygen atoms in total. The molecular formula is C23H19ClN2O. The van der Waals surface area contributed by atoms with Gasteiger partial charge in [-0.1, -0.05) is 84.9 Å². The number of para-hydroxylation sites is 1. The van der Waals surface area contributed by atoms with Gasteiger partial charge in [0.25, 0.3) is 0 Å². The number of amidine groups is 1. The highest BCUT2D eigenvalue weighted by Crippen LogP contribution is 2.27. The summed E-state index contributed by atoms with van der Waals surface area (Å²) >= 11 is 0. The van der Waals surface area contributed by atoms with Crippen molar-refractivity contribution in [2.75, 3.05) is 5.06 Å². The molecule has 0 spiro atoms. The maximum absolute atomic E-state index is 10.9. The Morgan fingerprint density at radius 1 is 0.667 bits per heavy atom. The Morgan fingerprint density at radius 3 is 2.00 bits per heavy atom. The minimum Gasteiger partial charge on any atom is -0.282 e. The molecule has 0 saturated carbocycles. The molecule has 4 rings (SSSR count). The topological polar surface area (TPSA) is 35.8 Å². The molecule has 0 fully saturated rings. The average Bonchev–Trinajstić information content (AvgIpc) is 2.73. The van der Waals surface area contributed by atoms with Crippen LogP contribution in [0.5, 0.6) is 0 Å². The van der Waals surface area contributed by atoms with Gasteiger partial charge in [0.15, 0.2) is 5.84 Å². The van der Waals surface area contributed by atoms with Crippen molar-refractivity contribution >= 4 is 40.4 Å². The quantitative estimate of drug-likeness (QED) is 0.262. The molecule has 0 saturated heterocycles. The van der Waals surface area contributed by atoms with Gasteiger partial charge in [0.2, 0.25) is 0 Å². The lowest BCUT2D eigenvalue weighted by molar-refractivity contribution is 0.313. The van der Waals surface area contributed by atoms with Crippen LogP contribution in [0.25, 0.3) is 10.8 Å². The summed E-state index contributed by atoms with van der Waals surface area (Å²) in [7, 11) is 0. The van der Waals surface area contributed by atoms with E-state index in [1.165, 1.54) is 0 Å². The Morgan fingerprint density at radius 2 is 1.26 bits per heavy atom. The lowest BCUT2D eigenvalue weighted by Crippen LogP contribution is -2.27. The molecular weight excluding hydrogens is 356 g/mol. The normalized spacial score (nSPS) is 11.1. The van der Waals surface area contributed by atoms with Crippen LogP contribution < -0.4 is 5.06 Å². The summed E-state index contributed by atoms with van der Waals surface area (Å²) in [5, 5.41) is 14.2. The van der Waals surface area contributed by atoms with Crippen molar-refractivity contribution in [3.63, 3.8) is 0 Å². The fourth-order valence-corrected chi connectivity index (χ4v) is 2.93. The zero-order valence-corrected chi connectivity index (χ0v) is 15.4. The van der Waals surface area contributed by atoms with Crippen molar-refractivity contribution in [3.05, 3.63) is 109 Å². The predicted molar refractivity (Wildman–Crippen MR) is 115 cm³/mol. The number of hydrogen-bond donors (Lipinski definition) is 1. The monoisotopic (exact) mass is 374 g/mol. The zero-order valence-electron chi connectivity index (χ0n) is 14.6. The second-order valence-corrected chi connectivity index (χ2v) is 5.95. The van der Waals surface area contributed by atoms with Crippen molar-refractivity contribution in [3.8, 4) is 0 Å². The highest BCUT2D eigenvalue weighted by Gasteiger charge is 2.14. The maximum atomic E-state index is 10.9. The summed E-state index contributed by atoms with van der Waals surface area (Å²) < 4.78 is 0. The van der Waals surface area contributed by atoms with Crippen molar-refractivity contribution in [2.24, 2.45) is 4.99 Å². The van der Waals surface area contributed by atoms with E-state index in [1.807, 2.05) is 91.0 Å². The smallest absolute Gasteiger partial charge is 0.165 e. The Balaban J connectivity index is 0.00000210. The molecule has 4 aromatic carbocycles. The molecule has 0 amide bonds. The molecule has 27 heavy (non-hydrogen) atoms. The third-order valence-corrected chi connectivity index (χ3v) is 4.23. The number of hydroxylamine groups is 1. The lowest BCUT2D eigenvalue weighted by atomic mass is 10.1. The summed E-state index contributed by atoms with van der Waals surface area (Å²) in [5.74, 6) is 0.480.